The summed E-state index contributed by atoms with van der Waals surface area (Å²) in [6, 6.07) is 6.35. The molecule has 0 radical (unpaired) electrons. The molecule has 4 nitrogen and oxygen atoms in total. The lowest BCUT2D eigenvalue weighted by atomic mass is 10.0. The van der Waals surface area contributed by atoms with Crippen LogP contribution in [0.4, 0.5) is 10.2 Å². The van der Waals surface area contributed by atoms with Crippen LogP contribution in [0.3, 0.4) is 0 Å². The highest BCUT2D eigenvalue weighted by molar-refractivity contribution is 5.47. The highest BCUT2D eigenvalue weighted by Gasteiger charge is 2.34. The lowest BCUT2D eigenvalue weighted by molar-refractivity contribution is 0.0923. The van der Waals surface area contributed by atoms with Crippen molar-refractivity contribution >= 4 is 5.82 Å². The van der Waals surface area contributed by atoms with Gasteiger partial charge in [0.25, 0.3) is 0 Å². The van der Waals surface area contributed by atoms with Crippen molar-refractivity contribution in [3.63, 3.8) is 0 Å². The number of rotatable bonds is 3. The first-order valence-corrected chi connectivity index (χ1v) is 7.66. The Labute approximate surface area is 128 Å². The fourth-order valence-electron chi connectivity index (χ4n) is 3.05. The molecule has 1 aromatic carbocycles. The molecule has 0 amide bonds. The molecule has 2 atom stereocenters. The second-order valence-electron chi connectivity index (χ2n) is 6.20. The average Bonchev–Trinajstić information content (AvgIpc) is 3.27. The molecule has 1 aliphatic carbocycles. The molecule has 2 N–H and O–H groups in total. The van der Waals surface area contributed by atoms with Gasteiger partial charge in [-0.3, -0.25) is 0 Å². The van der Waals surface area contributed by atoms with E-state index in [9.17, 15) is 4.39 Å². The third kappa shape index (κ3) is 2.25. The van der Waals surface area contributed by atoms with Crippen LogP contribution in [0.2, 0.25) is 0 Å². The van der Waals surface area contributed by atoms with Gasteiger partial charge in [0.1, 0.15) is 23.6 Å². The molecule has 114 valence electrons. The van der Waals surface area contributed by atoms with Crippen molar-refractivity contribution < 1.29 is 9.13 Å². The fraction of sp³-hybridized carbons (Fsp3) is 0.412. The largest absolute Gasteiger partial charge is 0.383 e. The minimum Gasteiger partial charge on any atom is -0.383 e. The number of aromatic nitrogens is 2. The van der Waals surface area contributed by atoms with Crippen LogP contribution in [0.1, 0.15) is 54.4 Å². The van der Waals surface area contributed by atoms with Crippen LogP contribution in [-0.2, 0) is 11.3 Å². The SMILES string of the molecule is C[C@@H](c1nc(N)c2c(n1)C(c1ccc(F)cc1)OC2)C1CC1. The molecule has 2 aromatic rings. The number of benzene rings is 1. The zero-order valence-electron chi connectivity index (χ0n) is 12.4. The van der Waals surface area contributed by atoms with Crippen LogP contribution in [0.5, 0.6) is 0 Å². The minimum absolute atomic E-state index is 0.257. The Bertz CT molecular complexity index is 713. The molecule has 0 bridgehead atoms. The number of nitrogens with two attached hydrogens (primary N) is 1. The molecule has 1 aliphatic heterocycles. The van der Waals surface area contributed by atoms with Crippen LogP contribution in [0, 0.1) is 11.7 Å². The van der Waals surface area contributed by atoms with Crippen molar-refractivity contribution in [2.45, 2.75) is 38.4 Å². The third-order valence-corrected chi connectivity index (χ3v) is 4.64. The summed E-state index contributed by atoms with van der Waals surface area (Å²) in [7, 11) is 0. The first-order valence-electron chi connectivity index (χ1n) is 7.66. The smallest absolute Gasteiger partial charge is 0.134 e. The van der Waals surface area contributed by atoms with Crippen LogP contribution in [0.25, 0.3) is 0 Å². The van der Waals surface area contributed by atoms with E-state index < -0.39 is 0 Å². The summed E-state index contributed by atoms with van der Waals surface area (Å²) >= 11 is 0. The van der Waals surface area contributed by atoms with Gasteiger partial charge in [-0.1, -0.05) is 19.1 Å². The van der Waals surface area contributed by atoms with Gasteiger partial charge in [-0.25, -0.2) is 14.4 Å². The van der Waals surface area contributed by atoms with Gasteiger partial charge in [0.15, 0.2) is 0 Å². The molecule has 5 heteroatoms. The molecule has 2 aliphatic rings. The van der Waals surface area contributed by atoms with E-state index in [1.54, 1.807) is 12.1 Å². The molecular formula is C17H18FN3O. The monoisotopic (exact) mass is 299 g/mol. The van der Waals surface area contributed by atoms with E-state index in [0.717, 1.165) is 22.6 Å². The summed E-state index contributed by atoms with van der Waals surface area (Å²) in [5.41, 5.74) is 8.69. The number of nitrogens with zero attached hydrogens (tertiary/aromatic N) is 2. The second kappa shape index (κ2) is 5.02. The van der Waals surface area contributed by atoms with Crippen LogP contribution in [0.15, 0.2) is 24.3 Å². The Kier molecular flexibility index (Phi) is 3.11. The number of ether oxygens (including phenoxy) is 1. The van der Waals surface area contributed by atoms with E-state index in [1.165, 1.54) is 25.0 Å². The van der Waals surface area contributed by atoms with E-state index in [-0.39, 0.29) is 11.9 Å². The molecule has 1 saturated carbocycles. The normalized spacial score (nSPS) is 21.6. The molecule has 22 heavy (non-hydrogen) atoms. The van der Waals surface area contributed by atoms with E-state index in [2.05, 4.69) is 11.9 Å². The Balaban J connectivity index is 1.74. The van der Waals surface area contributed by atoms with Crippen molar-refractivity contribution in [3.05, 3.63) is 52.7 Å². The predicted octanol–water partition coefficient (Wildman–Crippen LogP) is 3.33. The summed E-state index contributed by atoms with van der Waals surface area (Å²) in [4.78, 5) is 9.22. The Morgan fingerprint density at radius 3 is 2.64 bits per heavy atom. The molecule has 2 heterocycles. The summed E-state index contributed by atoms with van der Waals surface area (Å²) in [6.45, 7) is 2.56. The summed E-state index contributed by atoms with van der Waals surface area (Å²) in [5, 5.41) is 0. The van der Waals surface area contributed by atoms with Gasteiger partial charge in [-0.15, -0.1) is 0 Å². The first-order chi connectivity index (χ1) is 10.6. The number of nitrogen functional groups attached to an aromatic ring is 1. The van der Waals surface area contributed by atoms with Gasteiger partial charge in [0.05, 0.1) is 12.3 Å². The zero-order chi connectivity index (χ0) is 15.3. The maximum Gasteiger partial charge on any atom is 0.134 e. The van der Waals surface area contributed by atoms with E-state index in [4.69, 9.17) is 15.5 Å². The topological polar surface area (TPSA) is 61.0 Å². The highest BCUT2D eigenvalue weighted by Crippen LogP contribution is 2.43. The third-order valence-electron chi connectivity index (χ3n) is 4.64. The van der Waals surface area contributed by atoms with Crippen molar-refractivity contribution in [2.75, 3.05) is 5.73 Å². The van der Waals surface area contributed by atoms with Crippen LogP contribution in [-0.4, -0.2) is 9.97 Å². The number of fused-ring (bicyclic) bond motifs is 1. The van der Waals surface area contributed by atoms with Gasteiger partial charge in [-0.05, 0) is 36.5 Å². The van der Waals surface area contributed by atoms with Crippen LogP contribution >= 0.6 is 0 Å². The van der Waals surface area contributed by atoms with Gasteiger partial charge < -0.3 is 10.5 Å². The van der Waals surface area contributed by atoms with Crippen molar-refractivity contribution in [1.82, 2.24) is 9.97 Å². The Morgan fingerprint density at radius 2 is 1.95 bits per heavy atom. The Hall–Kier alpha value is -2.01. The maximum atomic E-state index is 13.1. The molecular weight excluding hydrogens is 281 g/mol. The summed E-state index contributed by atoms with van der Waals surface area (Å²) < 4.78 is 18.9. The quantitative estimate of drug-likeness (QED) is 0.944. The number of halogens is 1. The fourth-order valence-corrected chi connectivity index (χ4v) is 3.05. The predicted molar refractivity (Wildman–Crippen MR) is 80.6 cm³/mol. The summed E-state index contributed by atoms with van der Waals surface area (Å²) in [6.07, 6.45) is 2.18. The van der Waals surface area contributed by atoms with E-state index >= 15 is 0 Å². The first kappa shape index (κ1) is 13.6. The summed E-state index contributed by atoms with van der Waals surface area (Å²) in [5.74, 6) is 2.05. The number of anilines is 1. The standard InChI is InChI=1S/C17H18FN3O/c1-9(10-2-3-10)17-20-14-13(16(19)21-17)8-22-15(14)11-4-6-12(18)7-5-11/h4-7,9-10,15H,2-3,8H2,1H3,(H2,19,20,21)/t9-,15?/m1/s1. The zero-order valence-corrected chi connectivity index (χ0v) is 12.4. The molecule has 0 saturated heterocycles. The molecule has 1 fully saturated rings. The van der Waals surface area contributed by atoms with E-state index in [1.807, 2.05) is 0 Å². The van der Waals surface area contributed by atoms with E-state index in [0.29, 0.717) is 24.3 Å². The van der Waals surface area contributed by atoms with Gasteiger partial charge in [0.2, 0.25) is 0 Å². The van der Waals surface area contributed by atoms with Crippen molar-refractivity contribution in [3.8, 4) is 0 Å². The minimum atomic E-state index is -0.286. The highest BCUT2D eigenvalue weighted by atomic mass is 19.1. The van der Waals surface area contributed by atoms with Gasteiger partial charge in [0, 0.05) is 11.5 Å². The Morgan fingerprint density at radius 1 is 1.23 bits per heavy atom. The second-order valence-corrected chi connectivity index (χ2v) is 6.20. The molecule has 4 rings (SSSR count). The molecule has 0 spiro atoms. The molecule has 1 unspecified atom stereocenters. The molecule has 1 aromatic heterocycles. The van der Waals surface area contributed by atoms with Crippen LogP contribution < -0.4 is 5.73 Å². The number of hydrogen-bond donors (Lipinski definition) is 1. The lowest BCUT2D eigenvalue weighted by Crippen LogP contribution is -2.11. The van der Waals surface area contributed by atoms with Gasteiger partial charge in [-0.2, -0.15) is 0 Å². The average molecular weight is 299 g/mol. The maximum absolute atomic E-state index is 13.1. The van der Waals surface area contributed by atoms with Crippen molar-refractivity contribution in [2.24, 2.45) is 5.92 Å². The lowest BCUT2D eigenvalue weighted by Gasteiger charge is -2.14. The van der Waals surface area contributed by atoms with Crippen molar-refractivity contribution in [1.29, 1.82) is 0 Å². The van der Waals surface area contributed by atoms with Gasteiger partial charge >= 0.3 is 0 Å². The number of hydrogen-bond acceptors (Lipinski definition) is 4.